The average molecular weight is 401 g/mol. The Hall–Kier alpha value is -0.930. The van der Waals surface area contributed by atoms with E-state index in [0.717, 1.165) is 0 Å². The van der Waals surface area contributed by atoms with Crippen LogP contribution in [0.3, 0.4) is 0 Å². The SMILES string of the molecule is COc1nc(Cl)c(Cl)nc1NS(=O)(=O)C1=CC(Cl)=CCC1=S. The number of allylic oxidation sites excluding steroid dienone is 4. The predicted octanol–water partition coefficient (Wildman–Crippen LogP) is 3.31. The minimum absolute atomic E-state index is 0.111. The van der Waals surface area contributed by atoms with Gasteiger partial charge >= 0.3 is 0 Å². The fourth-order valence-electron chi connectivity index (χ4n) is 1.55. The van der Waals surface area contributed by atoms with E-state index in [1.165, 1.54) is 13.2 Å². The molecule has 1 heterocycles. The summed E-state index contributed by atoms with van der Waals surface area (Å²) in [6.45, 7) is 0. The number of methoxy groups -OCH3 is 1. The van der Waals surface area contributed by atoms with Crippen molar-refractivity contribution in [1.82, 2.24) is 9.97 Å². The maximum Gasteiger partial charge on any atom is 0.264 e. The minimum atomic E-state index is -4.02. The molecule has 1 aliphatic carbocycles. The Morgan fingerprint density at radius 1 is 1.27 bits per heavy atom. The Labute approximate surface area is 147 Å². The number of thiocarbonyl (C=S) groups is 1. The molecule has 0 radical (unpaired) electrons. The third kappa shape index (κ3) is 3.69. The molecule has 0 atom stereocenters. The van der Waals surface area contributed by atoms with Crippen LogP contribution in [-0.4, -0.2) is 30.4 Å². The number of rotatable bonds is 4. The van der Waals surface area contributed by atoms with E-state index in [1.807, 2.05) is 0 Å². The molecule has 0 saturated heterocycles. The highest BCUT2D eigenvalue weighted by atomic mass is 35.5. The molecule has 0 unspecified atom stereocenters. The van der Waals surface area contributed by atoms with Gasteiger partial charge in [-0.05, 0) is 6.08 Å². The molecule has 1 aliphatic rings. The summed E-state index contributed by atoms with van der Waals surface area (Å²) in [5.74, 6) is -0.326. The number of anilines is 1. The van der Waals surface area contributed by atoms with Crippen LogP contribution in [0.4, 0.5) is 5.82 Å². The highest BCUT2D eigenvalue weighted by molar-refractivity contribution is 7.99. The van der Waals surface area contributed by atoms with Crippen LogP contribution >= 0.6 is 47.0 Å². The second-order valence-electron chi connectivity index (χ2n) is 3.99. The van der Waals surface area contributed by atoms with Crippen LogP contribution in [0.15, 0.2) is 22.1 Å². The largest absolute Gasteiger partial charge is 0.478 e. The Morgan fingerprint density at radius 2 is 1.91 bits per heavy atom. The zero-order valence-electron chi connectivity index (χ0n) is 10.9. The maximum atomic E-state index is 12.4. The lowest BCUT2D eigenvalue weighted by atomic mass is 10.2. The smallest absolute Gasteiger partial charge is 0.264 e. The Balaban J connectivity index is 2.44. The zero-order valence-corrected chi connectivity index (χ0v) is 14.8. The van der Waals surface area contributed by atoms with Gasteiger partial charge in [0.25, 0.3) is 15.9 Å². The molecule has 1 N–H and O–H groups in total. The fourth-order valence-corrected chi connectivity index (χ4v) is 3.69. The summed E-state index contributed by atoms with van der Waals surface area (Å²) in [6, 6.07) is 0. The number of ether oxygens (including phenoxy) is 1. The Bertz CT molecular complexity index is 806. The van der Waals surface area contributed by atoms with Gasteiger partial charge in [-0.3, -0.25) is 4.72 Å². The van der Waals surface area contributed by atoms with Gasteiger partial charge in [0, 0.05) is 16.3 Å². The molecular weight excluding hydrogens is 393 g/mol. The highest BCUT2D eigenvalue weighted by Crippen LogP contribution is 2.30. The molecule has 6 nitrogen and oxygen atoms in total. The van der Waals surface area contributed by atoms with Crippen LogP contribution in [-0.2, 0) is 10.0 Å². The molecule has 0 spiro atoms. The van der Waals surface area contributed by atoms with Gasteiger partial charge in [-0.1, -0.05) is 53.1 Å². The summed E-state index contributed by atoms with van der Waals surface area (Å²) < 4.78 is 32.0. The maximum absolute atomic E-state index is 12.4. The van der Waals surface area contributed by atoms with Gasteiger partial charge in [0.2, 0.25) is 5.82 Å². The van der Waals surface area contributed by atoms with Gasteiger partial charge < -0.3 is 4.74 Å². The topological polar surface area (TPSA) is 81.2 Å². The Morgan fingerprint density at radius 3 is 2.55 bits per heavy atom. The first kappa shape index (κ1) is 17.4. The quantitative estimate of drug-likeness (QED) is 0.781. The van der Waals surface area contributed by atoms with Gasteiger partial charge in [-0.25, -0.2) is 13.4 Å². The van der Waals surface area contributed by atoms with E-state index in [9.17, 15) is 8.42 Å². The molecule has 118 valence electrons. The van der Waals surface area contributed by atoms with E-state index in [-0.39, 0.29) is 43.2 Å². The van der Waals surface area contributed by atoms with Crippen LogP contribution in [0.5, 0.6) is 5.88 Å². The number of hydrogen-bond donors (Lipinski definition) is 1. The molecular formula is C11H8Cl3N3O3S2. The van der Waals surface area contributed by atoms with E-state index in [2.05, 4.69) is 14.7 Å². The highest BCUT2D eigenvalue weighted by Gasteiger charge is 2.26. The lowest BCUT2D eigenvalue weighted by Crippen LogP contribution is -2.22. The first-order valence-corrected chi connectivity index (χ1v) is 8.67. The third-order valence-electron chi connectivity index (χ3n) is 2.52. The van der Waals surface area contributed by atoms with Crippen molar-refractivity contribution in [3.63, 3.8) is 0 Å². The molecule has 2 rings (SSSR count). The molecule has 1 aromatic heterocycles. The third-order valence-corrected chi connectivity index (χ3v) is 5.33. The van der Waals surface area contributed by atoms with Crippen molar-refractivity contribution in [2.24, 2.45) is 0 Å². The molecule has 1 aromatic rings. The summed E-state index contributed by atoms with van der Waals surface area (Å²) in [4.78, 5) is 7.70. The normalized spacial score (nSPS) is 15.2. The number of nitrogens with zero attached hydrogens (tertiary/aromatic N) is 2. The molecule has 0 bridgehead atoms. The molecule has 0 fully saturated rings. The van der Waals surface area contributed by atoms with E-state index in [1.54, 1.807) is 6.08 Å². The van der Waals surface area contributed by atoms with Crippen molar-refractivity contribution in [3.8, 4) is 5.88 Å². The average Bonchev–Trinajstić information content (AvgIpc) is 2.44. The second kappa shape index (κ2) is 6.67. The number of hydrogen-bond acceptors (Lipinski definition) is 6. The van der Waals surface area contributed by atoms with Crippen LogP contribution < -0.4 is 9.46 Å². The lowest BCUT2D eigenvalue weighted by Gasteiger charge is -2.15. The summed E-state index contributed by atoms with van der Waals surface area (Å²) in [6.07, 6.45) is 3.13. The summed E-state index contributed by atoms with van der Waals surface area (Å²) in [5.41, 5.74) is 0. The molecule has 0 saturated carbocycles. The van der Waals surface area contributed by atoms with Gasteiger partial charge in [-0.2, -0.15) is 4.98 Å². The van der Waals surface area contributed by atoms with Gasteiger partial charge in [-0.15, -0.1) is 0 Å². The monoisotopic (exact) mass is 399 g/mol. The van der Waals surface area contributed by atoms with Crippen LogP contribution in [0.2, 0.25) is 10.3 Å². The van der Waals surface area contributed by atoms with E-state index in [4.69, 9.17) is 51.8 Å². The van der Waals surface area contributed by atoms with E-state index in [0.29, 0.717) is 0 Å². The lowest BCUT2D eigenvalue weighted by molar-refractivity contribution is 0.398. The number of halogens is 3. The van der Waals surface area contributed by atoms with Crippen molar-refractivity contribution in [3.05, 3.63) is 32.4 Å². The van der Waals surface area contributed by atoms with Crippen molar-refractivity contribution >= 4 is 67.7 Å². The van der Waals surface area contributed by atoms with Crippen molar-refractivity contribution in [1.29, 1.82) is 0 Å². The molecule has 0 aliphatic heterocycles. The zero-order chi connectivity index (χ0) is 16.5. The summed E-state index contributed by atoms with van der Waals surface area (Å²) in [5, 5.41) is -0.000645. The van der Waals surface area contributed by atoms with Crippen molar-refractivity contribution in [2.45, 2.75) is 6.42 Å². The molecule has 11 heteroatoms. The van der Waals surface area contributed by atoms with E-state index >= 15 is 0 Å². The van der Waals surface area contributed by atoms with Gasteiger partial charge in [0.15, 0.2) is 10.3 Å². The van der Waals surface area contributed by atoms with Gasteiger partial charge in [0.05, 0.1) is 7.11 Å². The summed E-state index contributed by atoms with van der Waals surface area (Å²) >= 11 is 22.3. The first-order valence-electron chi connectivity index (χ1n) is 5.65. The van der Waals surface area contributed by atoms with Crippen molar-refractivity contribution < 1.29 is 13.2 Å². The first-order chi connectivity index (χ1) is 10.2. The number of aromatic nitrogens is 2. The summed E-state index contributed by atoms with van der Waals surface area (Å²) in [7, 11) is -2.73. The molecule has 22 heavy (non-hydrogen) atoms. The van der Waals surface area contributed by atoms with Crippen molar-refractivity contribution in [2.75, 3.05) is 11.8 Å². The Kier molecular flexibility index (Phi) is 5.29. The minimum Gasteiger partial charge on any atom is -0.478 e. The predicted molar refractivity (Wildman–Crippen MR) is 90.4 cm³/mol. The molecule has 0 amide bonds. The molecule has 0 aromatic carbocycles. The standard InChI is InChI=1S/C11H8Cl3N3O3S2/c1-20-11-10(15-8(13)9(14)16-11)17-22(18,19)7-4-5(12)2-3-6(7)21/h2,4H,3H2,1H3,(H,15,17). The van der Waals surface area contributed by atoms with Crippen LogP contribution in [0, 0.1) is 0 Å². The number of sulfonamides is 1. The fraction of sp³-hybridized carbons (Fsp3) is 0.182. The van der Waals surface area contributed by atoms with E-state index < -0.39 is 10.0 Å². The van der Waals surface area contributed by atoms with Crippen LogP contribution in [0.1, 0.15) is 6.42 Å². The number of nitrogens with one attached hydrogen (secondary N) is 1. The van der Waals surface area contributed by atoms with Gasteiger partial charge in [0.1, 0.15) is 4.91 Å². The second-order valence-corrected chi connectivity index (χ2v) is 7.29. The van der Waals surface area contributed by atoms with Crippen LogP contribution in [0.25, 0.3) is 0 Å².